The Kier molecular flexibility index (Phi) is 9.49. The number of anilines is 1. The molecule has 2 aliphatic rings. The second-order valence-electron chi connectivity index (χ2n) is 9.50. The summed E-state index contributed by atoms with van der Waals surface area (Å²) in [6, 6.07) is 9.99. The zero-order chi connectivity index (χ0) is 25.3. The summed E-state index contributed by atoms with van der Waals surface area (Å²) < 4.78 is 16.2. The van der Waals surface area contributed by atoms with Crippen molar-refractivity contribution in [2.75, 3.05) is 58.0 Å². The smallest absolute Gasteiger partial charge is 0.276 e. The van der Waals surface area contributed by atoms with Crippen molar-refractivity contribution in [2.45, 2.75) is 51.6 Å². The van der Waals surface area contributed by atoms with E-state index in [0.717, 1.165) is 75.4 Å². The van der Waals surface area contributed by atoms with E-state index < -0.39 is 0 Å². The third-order valence-electron chi connectivity index (χ3n) is 6.97. The highest BCUT2D eigenvalue weighted by Crippen LogP contribution is 2.25. The first-order valence-electron chi connectivity index (χ1n) is 13.0. The van der Waals surface area contributed by atoms with Gasteiger partial charge < -0.3 is 23.8 Å². The maximum Gasteiger partial charge on any atom is 0.276 e. The van der Waals surface area contributed by atoms with E-state index in [4.69, 9.17) is 14.0 Å². The fraction of sp³-hybridized carbons (Fsp3) is 0.593. The van der Waals surface area contributed by atoms with E-state index in [0.29, 0.717) is 31.4 Å². The largest absolute Gasteiger partial charge is 0.381 e. The van der Waals surface area contributed by atoms with Gasteiger partial charge in [0.15, 0.2) is 5.69 Å². The molecule has 2 aliphatic heterocycles. The highest BCUT2D eigenvalue weighted by molar-refractivity contribution is 5.95. The average molecular weight is 499 g/mol. The zero-order valence-electron chi connectivity index (χ0n) is 21.5. The minimum atomic E-state index is -0.156. The van der Waals surface area contributed by atoms with Crippen LogP contribution in [0.25, 0.3) is 0 Å². The predicted octanol–water partition coefficient (Wildman–Crippen LogP) is 3.13. The molecule has 3 heterocycles. The molecule has 9 heteroatoms. The Hall–Kier alpha value is -2.75. The van der Waals surface area contributed by atoms with E-state index in [1.165, 1.54) is 7.11 Å². The molecule has 0 unspecified atom stereocenters. The van der Waals surface area contributed by atoms with Crippen molar-refractivity contribution in [3.63, 3.8) is 0 Å². The third-order valence-corrected chi connectivity index (χ3v) is 6.97. The normalized spacial score (nSPS) is 18.5. The molecule has 0 bridgehead atoms. The van der Waals surface area contributed by atoms with Crippen molar-refractivity contribution in [3.05, 3.63) is 47.3 Å². The molecule has 0 spiro atoms. The highest BCUT2D eigenvalue weighted by atomic mass is 16.5. The van der Waals surface area contributed by atoms with Crippen LogP contribution in [-0.2, 0) is 27.2 Å². The standard InChI is InChI=1S/C27H38N4O5/c1-3-7-23-18-24(28-36-23)27(33)30-15-14-29(22-10-16-35-17-11-22)12-6-13-31(26(32)20-34-2)25-9-5-4-8-21(25)19-30/h4-5,8-9,18,22H,3,6-7,10-17,19-20H2,1-2H3. The average Bonchev–Trinajstić information content (AvgIpc) is 3.35. The van der Waals surface area contributed by atoms with Crippen LogP contribution in [0.5, 0.6) is 0 Å². The molecule has 36 heavy (non-hydrogen) atoms. The molecular formula is C27H38N4O5. The van der Waals surface area contributed by atoms with Crippen molar-refractivity contribution in [1.29, 1.82) is 0 Å². The molecular weight excluding hydrogens is 460 g/mol. The molecule has 0 radical (unpaired) electrons. The number of methoxy groups -OCH3 is 1. The molecule has 1 saturated heterocycles. The molecule has 0 atom stereocenters. The second-order valence-corrected chi connectivity index (χ2v) is 9.50. The first kappa shape index (κ1) is 26.3. The number of carbonyl (C=O) groups excluding carboxylic acids is 2. The topological polar surface area (TPSA) is 88.4 Å². The van der Waals surface area contributed by atoms with E-state index in [2.05, 4.69) is 17.0 Å². The lowest BCUT2D eigenvalue weighted by atomic mass is 10.1. The quantitative estimate of drug-likeness (QED) is 0.605. The summed E-state index contributed by atoms with van der Waals surface area (Å²) in [4.78, 5) is 32.8. The lowest BCUT2D eigenvalue weighted by Gasteiger charge is -2.35. The number of hydrogen-bond acceptors (Lipinski definition) is 7. The van der Waals surface area contributed by atoms with Crippen LogP contribution in [0.1, 0.15) is 54.4 Å². The fourth-order valence-corrected chi connectivity index (χ4v) is 5.10. The molecule has 0 N–H and O–H groups in total. The fourth-order valence-electron chi connectivity index (χ4n) is 5.10. The molecule has 0 saturated carbocycles. The summed E-state index contributed by atoms with van der Waals surface area (Å²) in [6.45, 7) is 6.72. The van der Waals surface area contributed by atoms with Crippen molar-refractivity contribution in [1.82, 2.24) is 15.0 Å². The first-order chi connectivity index (χ1) is 17.6. The highest BCUT2D eigenvalue weighted by Gasteiger charge is 2.28. The van der Waals surface area contributed by atoms with Crippen LogP contribution < -0.4 is 4.90 Å². The second kappa shape index (κ2) is 13.0. The van der Waals surface area contributed by atoms with Gasteiger partial charge in [-0.15, -0.1) is 0 Å². The van der Waals surface area contributed by atoms with Crippen LogP contribution in [0.2, 0.25) is 0 Å². The zero-order valence-corrected chi connectivity index (χ0v) is 21.5. The molecule has 1 aromatic heterocycles. The van der Waals surface area contributed by atoms with Gasteiger partial charge in [-0.25, -0.2) is 0 Å². The van der Waals surface area contributed by atoms with Gasteiger partial charge in [-0.3, -0.25) is 14.5 Å². The number of aryl methyl sites for hydroxylation is 1. The van der Waals surface area contributed by atoms with Gasteiger partial charge in [0.05, 0.1) is 0 Å². The number of hydrogen-bond donors (Lipinski definition) is 0. The van der Waals surface area contributed by atoms with Gasteiger partial charge in [-0.1, -0.05) is 30.3 Å². The van der Waals surface area contributed by atoms with Gasteiger partial charge >= 0.3 is 0 Å². The van der Waals surface area contributed by atoms with Crippen molar-refractivity contribution >= 4 is 17.5 Å². The predicted molar refractivity (Wildman–Crippen MR) is 136 cm³/mol. The maximum atomic E-state index is 13.6. The molecule has 1 aromatic carbocycles. The Morgan fingerprint density at radius 2 is 1.92 bits per heavy atom. The third kappa shape index (κ3) is 6.52. The number of amides is 2. The Labute approximate surface area is 213 Å². The number of carbonyl (C=O) groups is 2. The van der Waals surface area contributed by atoms with Gasteiger partial charge in [0, 0.05) is 77.3 Å². The van der Waals surface area contributed by atoms with Crippen molar-refractivity contribution < 1.29 is 23.6 Å². The van der Waals surface area contributed by atoms with Crippen molar-refractivity contribution in [3.8, 4) is 0 Å². The summed E-state index contributed by atoms with van der Waals surface area (Å²) in [6.07, 6.45) is 4.45. The number of fused-ring (bicyclic) bond motifs is 1. The minimum absolute atomic E-state index is 0.0137. The molecule has 196 valence electrons. The van der Waals surface area contributed by atoms with E-state index in [1.54, 1.807) is 6.07 Å². The Bertz CT molecular complexity index is 1000. The van der Waals surface area contributed by atoms with Gasteiger partial charge in [0.2, 0.25) is 0 Å². The first-order valence-corrected chi connectivity index (χ1v) is 13.0. The minimum Gasteiger partial charge on any atom is -0.381 e. The van der Waals surface area contributed by atoms with Crippen molar-refractivity contribution in [2.24, 2.45) is 0 Å². The Morgan fingerprint density at radius 3 is 2.69 bits per heavy atom. The molecule has 2 amide bonds. The molecule has 0 aliphatic carbocycles. The van der Waals surface area contributed by atoms with E-state index >= 15 is 0 Å². The summed E-state index contributed by atoms with van der Waals surface area (Å²) in [5.74, 6) is 0.483. The van der Waals surface area contributed by atoms with E-state index in [-0.39, 0.29) is 18.4 Å². The van der Waals surface area contributed by atoms with Crippen LogP contribution in [-0.4, -0.2) is 85.9 Å². The number of rotatable bonds is 6. The lowest BCUT2D eigenvalue weighted by molar-refractivity contribution is -0.122. The summed E-state index contributed by atoms with van der Waals surface area (Å²) in [5.41, 5.74) is 2.08. The lowest BCUT2D eigenvalue weighted by Crippen LogP contribution is -2.45. The van der Waals surface area contributed by atoms with Gasteiger partial charge in [-0.05, 0) is 37.3 Å². The van der Waals surface area contributed by atoms with Gasteiger partial charge in [0.25, 0.3) is 11.8 Å². The van der Waals surface area contributed by atoms with Gasteiger partial charge in [0.1, 0.15) is 12.4 Å². The van der Waals surface area contributed by atoms with Gasteiger partial charge in [-0.2, -0.15) is 0 Å². The summed E-state index contributed by atoms with van der Waals surface area (Å²) in [5, 5.41) is 4.08. The van der Waals surface area contributed by atoms with Crippen LogP contribution in [0, 0.1) is 0 Å². The van der Waals surface area contributed by atoms with Crippen LogP contribution >= 0.6 is 0 Å². The summed E-state index contributed by atoms with van der Waals surface area (Å²) in [7, 11) is 1.54. The van der Waals surface area contributed by atoms with E-state index in [1.807, 2.05) is 34.1 Å². The molecule has 9 nitrogen and oxygen atoms in total. The summed E-state index contributed by atoms with van der Waals surface area (Å²) >= 11 is 0. The SMILES string of the molecule is CCCc1cc(C(=O)N2CCN(C3CCOCC3)CCCN(C(=O)COC)c3ccccc3C2)no1. The number of aromatic nitrogens is 1. The van der Waals surface area contributed by atoms with E-state index in [9.17, 15) is 9.59 Å². The van der Waals surface area contributed by atoms with Crippen LogP contribution in [0.3, 0.4) is 0 Å². The molecule has 1 fully saturated rings. The Morgan fingerprint density at radius 1 is 1.11 bits per heavy atom. The monoisotopic (exact) mass is 498 g/mol. The maximum absolute atomic E-state index is 13.6. The van der Waals surface area contributed by atoms with Crippen LogP contribution in [0.15, 0.2) is 34.9 Å². The number of nitrogens with zero attached hydrogens (tertiary/aromatic N) is 4. The van der Waals surface area contributed by atoms with Crippen LogP contribution in [0.4, 0.5) is 5.69 Å². The Balaban J connectivity index is 1.65. The molecule has 2 aromatic rings. The number of ether oxygens (including phenoxy) is 2. The molecule has 4 rings (SSSR count). The number of para-hydroxylation sites is 1. The number of benzene rings is 1.